The number of rotatable bonds is 4. The SMILES string of the molecule is CC(C)(C)C1CCc2c(sc(NC(=O)c3ccccc3)c2C(=O)N2CCC(C(N)=O)CC2)C1. The molecule has 1 saturated heterocycles. The molecule has 3 N–H and O–H groups in total. The number of nitrogens with zero attached hydrogens (tertiary/aromatic N) is 1. The first-order valence-electron chi connectivity index (χ1n) is 11.7. The summed E-state index contributed by atoms with van der Waals surface area (Å²) < 4.78 is 0. The smallest absolute Gasteiger partial charge is 0.257 e. The summed E-state index contributed by atoms with van der Waals surface area (Å²) in [5.41, 5.74) is 7.96. The maximum Gasteiger partial charge on any atom is 0.257 e. The van der Waals surface area contributed by atoms with Crippen LogP contribution in [0.5, 0.6) is 0 Å². The molecule has 176 valence electrons. The second-order valence-corrected chi connectivity index (χ2v) is 11.4. The molecule has 1 atom stereocenters. The number of nitrogens with two attached hydrogens (primary N) is 1. The van der Waals surface area contributed by atoms with Crippen molar-refractivity contribution in [1.82, 2.24) is 4.90 Å². The number of thiophene rings is 1. The van der Waals surface area contributed by atoms with Crippen molar-refractivity contribution < 1.29 is 14.4 Å². The molecule has 6 nitrogen and oxygen atoms in total. The van der Waals surface area contributed by atoms with Crippen LogP contribution in [0.4, 0.5) is 5.00 Å². The number of nitrogens with one attached hydrogen (secondary N) is 1. The van der Waals surface area contributed by atoms with Gasteiger partial charge in [0.1, 0.15) is 5.00 Å². The van der Waals surface area contributed by atoms with Gasteiger partial charge >= 0.3 is 0 Å². The van der Waals surface area contributed by atoms with E-state index >= 15 is 0 Å². The van der Waals surface area contributed by atoms with E-state index in [1.807, 2.05) is 23.1 Å². The Hall–Kier alpha value is -2.67. The van der Waals surface area contributed by atoms with Crippen LogP contribution < -0.4 is 11.1 Å². The molecule has 3 amide bonds. The van der Waals surface area contributed by atoms with E-state index in [1.165, 1.54) is 4.88 Å². The van der Waals surface area contributed by atoms with E-state index in [0.29, 0.717) is 48.0 Å². The third-order valence-corrected chi connectivity index (χ3v) is 8.32. The number of likely N-dealkylation sites (tertiary alicyclic amines) is 1. The van der Waals surface area contributed by atoms with Crippen LogP contribution in [0.2, 0.25) is 0 Å². The normalized spacial score (nSPS) is 19.1. The lowest BCUT2D eigenvalue weighted by Crippen LogP contribution is -2.42. The molecule has 0 radical (unpaired) electrons. The number of fused-ring (bicyclic) bond motifs is 1. The second-order valence-electron chi connectivity index (χ2n) is 10.3. The molecule has 1 fully saturated rings. The van der Waals surface area contributed by atoms with Crippen LogP contribution in [0.1, 0.15) is 71.2 Å². The highest BCUT2D eigenvalue weighted by atomic mass is 32.1. The number of hydrogen-bond donors (Lipinski definition) is 2. The average Bonchev–Trinajstić information content (AvgIpc) is 3.15. The van der Waals surface area contributed by atoms with Crippen molar-refractivity contribution in [2.24, 2.45) is 23.0 Å². The molecule has 2 aromatic rings. The molecule has 4 rings (SSSR count). The van der Waals surface area contributed by atoms with Gasteiger partial charge in [-0.15, -0.1) is 11.3 Å². The number of piperidine rings is 1. The van der Waals surface area contributed by atoms with Crippen LogP contribution >= 0.6 is 11.3 Å². The molecule has 33 heavy (non-hydrogen) atoms. The average molecular weight is 468 g/mol. The fourth-order valence-electron chi connectivity index (χ4n) is 4.93. The minimum Gasteiger partial charge on any atom is -0.369 e. The predicted molar refractivity (Wildman–Crippen MR) is 132 cm³/mol. The first-order valence-corrected chi connectivity index (χ1v) is 12.6. The van der Waals surface area contributed by atoms with Crippen molar-refractivity contribution in [2.75, 3.05) is 18.4 Å². The zero-order chi connectivity index (χ0) is 23.8. The Morgan fingerprint density at radius 2 is 1.73 bits per heavy atom. The van der Waals surface area contributed by atoms with Gasteiger partial charge in [0, 0.05) is 29.4 Å². The van der Waals surface area contributed by atoms with Crippen LogP contribution in [0.3, 0.4) is 0 Å². The first kappa shape index (κ1) is 23.5. The van der Waals surface area contributed by atoms with Gasteiger partial charge in [-0.05, 0) is 61.1 Å². The largest absolute Gasteiger partial charge is 0.369 e. The third kappa shape index (κ3) is 4.98. The molecule has 0 spiro atoms. The van der Waals surface area contributed by atoms with E-state index in [4.69, 9.17) is 5.73 Å². The molecule has 0 bridgehead atoms. The van der Waals surface area contributed by atoms with Crippen LogP contribution in [0.15, 0.2) is 30.3 Å². The zero-order valence-electron chi connectivity index (χ0n) is 19.6. The first-order chi connectivity index (χ1) is 15.6. The second kappa shape index (κ2) is 9.29. The molecule has 7 heteroatoms. The minimum atomic E-state index is -0.293. The summed E-state index contributed by atoms with van der Waals surface area (Å²) in [6, 6.07) is 9.08. The summed E-state index contributed by atoms with van der Waals surface area (Å²) in [5, 5.41) is 3.69. The van der Waals surface area contributed by atoms with E-state index in [2.05, 4.69) is 26.1 Å². The highest BCUT2D eigenvalue weighted by Crippen LogP contribution is 2.45. The number of amides is 3. The molecule has 1 aliphatic carbocycles. The van der Waals surface area contributed by atoms with Crippen molar-refractivity contribution in [2.45, 2.75) is 52.9 Å². The molecule has 1 aliphatic heterocycles. The fourth-order valence-corrected chi connectivity index (χ4v) is 6.24. The summed E-state index contributed by atoms with van der Waals surface area (Å²) >= 11 is 1.55. The van der Waals surface area contributed by atoms with Gasteiger partial charge in [-0.3, -0.25) is 14.4 Å². The minimum absolute atomic E-state index is 0.0482. The van der Waals surface area contributed by atoms with E-state index in [9.17, 15) is 14.4 Å². The van der Waals surface area contributed by atoms with Gasteiger partial charge in [0.25, 0.3) is 11.8 Å². The Kier molecular flexibility index (Phi) is 6.61. The quantitative estimate of drug-likeness (QED) is 0.694. The number of hydrogen-bond acceptors (Lipinski definition) is 4. The van der Waals surface area contributed by atoms with Gasteiger partial charge in [-0.25, -0.2) is 0 Å². The Labute approximate surface area is 199 Å². The Balaban J connectivity index is 1.64. The van der Waals surface area contributed by atoms with E-state index in [-0.39, 0.29) is 29.1 Å². The molecular weight excluding hydrogens is 434 g/mol. The van der Waals surface area contributed by atoms with Gasteiger partial charge < -0.3 is 16.0 Å². The van der Waals surface area contributed by atoms with Crippen molar-refractivity contribution in [3.63, 3.8) is 0 Å². The summed E-state index contributed by atoms with van der Waals surface area (Å²) in [6.07, 6.45) is 3.97. The van der Waals surface area contributed by atoms with Crippen LogP contribution in [0, 0.1) is 17.3 Å². The number of benzene rings is 1. The topological polar surface area (TPSA) is 92.5 Å². The van der Waals surface area contributed by atoms with E-state index in [1.54, 1.807) is 23.5 Å². The van der Waals surface area contributed by atoms with Gasteiger partial charge in [-0.2, -0.15) is 0 Å². The molecule has 1 aromatic heterocycles. The van der Waals surface area contributed by atoms with E-state index < -0.39 is 0 Å². The molecule has 1 unspecified atom stereocenters. The Morgan fingerprint density at radius 1 is 1.06 bits per heavy atom. The molecule has 1 aromatic carbocycles. The summed E-state index contributed by atoms with van der Waals surface area (Å²) in [5.74, 6) is -0.180. The summed E-state index contributed by atoms with van der Waals surface area (Å²) in [4.78, 5) is 41.2. The van der Waals surface area contributed by atoms with Gasteiger partial charge in [-0.1, -0.05) is 39.0 Å². The summed E-state index contributed by atoms with van der Waals surface area (Å²) in [7, 11) is 0. The highest BCUT2D eigenvalue weighted by molar-refractivity contribution is 7.17. The monoisotopic (exact) mass is 467 g/mol. The van der Waals surface area contributed by atoms with Crippen LogP contribution in [0.25, 0.3) is 0 Å². The standard InChI is InChI=1S/C26H33N3O3S/c1-26(2,3)18-9-10-19-20(15-18)33-24(28-23(31)17-7-5-4-6-8-17)21(19)25(32)29-13-11-16(12-14-29)22(27)30/h4-8,16,18H,9-15H2,1-3H3,(H2,27,30)(H,28,31). The third-order valence-electron chi connectivity index (χ3n) is 7.15. The number of carbonyl (C=O) groups excluding carboxylic acids is 3. The molecule has 2 heterocycles. The van der Waals surface area contributed by atoms with Gasteiger partial charge in [0.15, 0.2) is 0 Å². The Bertz CT molecular complexity index is 1050. The highest BCUT2D eigenvalue weighted by Gasteiger charge is 2.36. The van der Waals surface area contributed by atoms with Crippen molar-refractivity contribution >= 4 is 34.1 Å². The maximum atomic E-state index is 13.7. The lowest BCUT2D eigenvalue weighted by Gasteiger charge is -2.34. The molecule has 2 aliphatic rings. The number of primary amides is 1. The zero-order valence-corrected chi connectivity index (χ0v) is 20.5. The number of carbonyl (C=O) groups is 3. The van der Waals surface area contributed by atoms with Crippen molar-refractivity contribution in [1.29, 1.82) is 0 Å². The van der Waals surface area contributed by atoms with E-state index in [0.717, 1.165) is 24.8 Å². The maximum absolute atomic E-state index is 13.7. The lowest BCUT2D eigenvalue weighted by atomic mass is 9.72. The number of anilines is 1. The van der Waals surface area contributed by atoms with Crippen LogP contribution in [-0.2, 0) is 17.6 Å². The molecular formula is C26H33N3O3S. The Morgan fingerprint density at radius 3 is 2.33 bits per heavy atom. The fraction of sp³-hybridized carbons (Fsp3) is 0.500. The van der Waals surface area contributed by atoms with Gasteiger partial charge in [0.05, 0.1) is 5.56 Å². The molecule has 0 saturated carbocycles. The van der Waals surface area contributed by atoms with Crippen LogP contribution in [-0.4, -0.2) is 35.7 Å². The predicted octanol–water partition coefficient (Wildman–Crippen LogP) is 4.49. The lowest BCUT2D eigenvalue weighted by molar-refractivity contribution is -0.123. The summed E-state index contributed by atoms with van der Waals surface area (Å²) in [6.45, 7) is 7.82. The van der Waals surface area contributed by atoms with Gasteiger partial charge in [0.2, 0.25) is 5.91 Å². The van der Waals surface area contributed by atoms with Crippen molar-refractivity contribution in [3.05, 3.63) is 51.9 Å². The van der Waals surface area contributed by atoms with Crippen molar-refractivity contribution in [3.8, 4) is 0 Å².